The Balaban J connectivity index is 1.90. The molecule has 0 atom stereocenters. The van der Waals surface area contributed by atoms with Crippen LogP contribution in [0.15, 0.2) is 53.4 Å². The molecule has 0 unspecified atom stereocenters. The number of benzene rings is 2. The van der Waals surface area contributed by atoms with Crippen molar-refractivity contribution < 1.29 is 13.5 Å². The van der Waals surface area contributed by atoms with E-state index in [1.807, 2.05) is 12.1 Å². The third-order valence-electron chi connectivity index (χ3n) is 2.96. The Labute approximate surface area is 119 Å². The summed E-state index contributed by atoms with van der Waals surface area (Å²) in [5.41, 5.74) is 2.01. The SMILES string of the molecule is CS(=O)(=O)c1ccc(NCCc2ccc(O)cc2)cc1. The Kier molecular flexibility index (Phi) is 4.29. The van der Waals surface area contributed by atoms with Gasteiger partial charge in [0.15, 0.2) is 9.84 Å². The van der Waals surface area contributed by atoms with Gasteiger partial charge in [0.1, 0.15) is 5.75 Å². The summed E-state index contributed by atoms with van der Waals surface area (Å²) >= 11 is 0. The molecule has 2 aromatic carbocycles. The fourth-order valence-electron chi connectivity index (χ4n) is 1.83. The van der Waals surface area contributed by atoms with Crippen LogP contribution in [0.2, 0.25) is 0 Å². The van der Waals surface area contributed by atoms with Crippen molar-refractivity contribution in [3.05, 3.63) is 54.1 Å². The number of anilines is 1. The lowest BCUT2D eigenvalue weighted by atomic mass is 10.1. The third kappa shape index (κ3) is 3.99. The number of rotatable bonds is 5. The van der Waals surface area contributed by atoms with Crippen LogP contribution in [0.5, 0.6) is 5.75 Å². The fraction of sp³-hybridized carbons (Fsp3) is 0.200. The van der Waals surface area contributed by atoms with E-state index < -0.39 is 9.84 Å². The average Bonchev–Trinajstić information content (AvgIpc) is 2.41. The highest BCUT2D eigenvalue weighted by Gasteiger charge is 2.05. The molecule has 20 heavy (non-hydrogen) atoms. The zero-order chi connectivity index (χ0) is 14.6. The lowest BCUT2D eigenvalue weighted by Crippen LogP contribution is -2.05. The summed E-state index contributed by atoms with van der Waals surface area (Å²) in [5, 5.41) is 12.4. The largest absolute Gasteiger partial charge is 0.508 e. The molecule has 2 N–H and O–H groups in total. The number of hydrogen-bond acceptors (Lipinski definition) is 4. The second kappa shape index (κ2) is 5.96. The molecule has 0 heterocycles. The van der Waals surface area contributed by atoms with Gasteiger partial charge in [-0.1, -0.05) is 12.1 Å². The van der Waals surface area contributed by atoms with Crippen LogP contribution in [0.3, 0.4) is 0 Å². The standard InChI is InChI=1S/C15H17NO3S/c1-20(18,19)15-8-4-13(5-9-15)16-11-10-12-2-6-14(17)7-3-12/h2-9,16-17H,10-11H2,1H3. The molecule has 0 saturated carbocycles. The monoisotopic (exact) mass is 291 g/mol. The Hall–Kier alpha value is -2.01. The topological polar surface area (TPSA) is 66.4 Å². The maximum Gasteiger partial charge on any atom is 0.175 e. The minimum atomic E-state index is -3.14. The van der Waals surface area contributed by atoms with Crippen LogP contribution in [0, 0.1) is 0 Å². The maximum absolute atomic E-state index is 11.3. The van der Waals surface area contributed by atoms with E-state index in [0.717, 1.165) is 24.2 Å². The minimum absolute atomic E-state index is 0.262. The molecule has 5 heteroatoms. The molecule has 0 saturated heterocycles. The van der Waals surface area contributed by atoms with Crippen molar-refractivity contribution in [2.75, 3.05) is 18.1 Å². The Morgan fingerprint density at radius 1 is 1.00 bits per heavy atom. The quantitative estimate of drug-likeness (QED) is 0.888. The first kappa shape index (κ1) is 14.4. The van der Waals surface area contributed by atoms with Gasteiger partial charge in [-0.15, -0.1) is 0 Å². The Bertz CT molecular complexity index is 661. The van der Waals surface area contributed by atoms with Gasteiger partial charge in [-0.2, -0.15) is 0 Å². The van der Waals surface area contributed by atoms with Crippen LogP contribution in [-0.4, -0.2) is 26.3 Å². The van der Waals surface area contributed by atoms with Crippen molar-refractivity contribution in [1.82, 2.24) is 0 Å². The maximum atomic E-state index is 11.3. The van der Waals surface area contributed by atoms with Gasteiger partial charge in [-0.25, -0.2) is 8.42 Å². The van der Waals surface area contributed by atoms with Gasteiger partial charge in [0, 0.05) is 18.5 Å². The normalized spacial score (nSPS) is 11.2. The Morgan fingerprint density at radius 3 is 2.15 bits per heavy atom. The lowest BCUT2D eigenvalue weighted by molar-refractivity contribution is 0.475. The van der Waals surface area contributed by atoms with Crippen molar-refractivity contribution in [1.29, 1.82) is 0 Å². The molecular weight excluding hydrogens is 274 g/mol. The van der Waals surface area contributed by atoms with Gasteiger partial charge in [-0.3, -0.25) is 0 Å². The Morgan fingerprint density at radius 2 is 1.60 bits per heavy atom. The average molecular weight is 291 g/mol. The number of sulfone groups is 1. The fourth-order valence-corrected chi connectivity index (χ4v) is 2.46. The number of hydrogen-bond donors (Lipinski definition) is 2. The van der Waals surface area contributed by atoms with Gasteiger partial charge in [0.25, 0.3) is 0 Å². The zero-order valence-corrected chi connectivity index (χ0v) is 12.0. The predicted octanol–water partition coefficient (Wildman–Crippen LogP) is 2.45. The first-order valence-electron chi connectivity index (χ1n) is 6.27. The van der Waals surface area contributed by atoms with Crippen molar-refractivity contribution in [2.45, 2.75) is 11.3 Å². The van der Waals surface area contributed by atoms with Gasteiger partial charge in [0.05, 0.1) is 4.90 Å². The van der Waals surface area contributed by atoms with Crippen molar-refractivity contribution in [2.24, 2.45) is 0 Å². The van der Waals surface area contributed by atoms with E-state index in [-0.39, 0.29) is 5.75 Å². The first-order valence-corrected chi connectivity index (χ1v) is 8.16. The van der Waals surface area contributed by atoms with E-state index in [9.17, 15) is 13.5 Å². The number of phenols is 1. The van der Waals surface area contributed by atoms with E-state index in [0.29, 0.717) is 4.90 Å². The van der Waals surface area contributed by atoms with Crippen molar-refractivity contribution in [3.8, 4) is 5.75 Å². The van der Waals surface area contributed by atoms with E-state index >= 15 is 0 Å². The van der Waals surface area contributed by atoms with Crippen molar-refractivity contribution >= 4 is 15.5 Å². The summed E-state index contributed by atoms with van der Waals surface area (Å²) in [4.78, 5) is 0.321. The molecule has 0 aliphatic carbocycles. The van der Waals surface area contributed by atoms with Gasteiger partial charge in [0.2, 0.25) is 0 Å². The molecule has 2 aromatic rings. The molecule has 106 valence electrons. The summed E-state index contributed by atoms with van der Waals surface area (Å²) < 4.78 is 22.7. The molecule has 0 spiro atoms. The molecule has 4 nitrogen and oxygen atoms in total. The first-order chi connectivity index (χ1) is 9.45. The summed E-state index contributed by atoms with van der Waals surface area (Å²) in [5.74, 6) is 0.262. The third-order valence-corrected chi connectivity index (χ3v) is 4.09. The predicted molar refractivity (Wildman–Crippen MR) is 79.9 cm³/mol. The molecule has 2 rings (SSSR count). The van der Waals surface area contributed by atoms with E-state index in [2.05, 4.69) is 5.32 Å². The van der Waals surface area contributed by atoms with E-state index in [4.69, 9.17) is 0 Å². The highest BCUT2D eigenvalue weighted by atomic mass is 32.2. The second-order valence-corrected chi connectivity index (χ2v) is 6.66. The van der Waals surface area contributed by atoms with Crippen LogP contribution in [0.4, 0.5) is 5.69 Å². The second-order valence-electron chi connectivity index (χ2n) is 4.64. The highest BCUT2D eigenvalue weighted by Crippen LogP contribution is 2.14. The smallest absolute Gasteiger partial charge is 0.175 e. The summed E-state index contributed by atoms with van der Waals surface area (Å²) in [6.45, 7) is 0.739. The molecular formula is C15H17NO3S. The van der Waals surface area contributed by atoms with Crippen LogP contribution in [0.25, 0.3) is 0 Å². The zero-order valence-electron chi connectivity index (χ0n) is 11.2. The summed E-state index contributed by atoms with van der Waals surface area (Å²) in [6, 6.07) is 13.8. The molecule has 0 aromatic heterocycles. The lowest BCUT2D eigenvalue weighted by Gasteiger charge is -2.07. The van der Waals surface area contributed by atoms with E-state index in [1.165, 1.54) is 6.26 Å². The molecule has 0 amide bonds. The molecule has 0 aliphatic rings. The van der Waals surface area contributed by atoms with Gasteiger partial charge >= 0.3 is 0 Å². The number of phenolic OH excluding ortho intramolecular Hbond substituents is 1. The summed E-state index contributed by atoms with van der Waals surface area (Å²) in [7, 11) is -3.14. The highest BCUT2D eigenvalue weighted by molar-refractivity contribution is 7.90. The van der Waals surface area contributed by atoms with Crippen LogP contribution < -0.4 is 5.32 Å². The molecule has 0 radical (unpaired) electrons. The van der Waals surface area contributed by atoms with Crippen LogP contribution >= 0.6 is 0 Å². The van der Waals surface area contributed by atoms with E-state index in [1.54, 1.807) is 36.4 Å². The molecule has 0 aliphatic heterocycles. The van der Waals surface area contributed by atoms with Crippen LogP contribution in [-0.2, 0) is 16.3 Å². The minimum Gasteiger partial charge on any atom is -0.508 e. The van der Waals surface area contributed by atoms with Gasteiger partial charge in [-0.05, 0) is 48.4 Å². The molecule has 0 fully saturated rings. The number of nitrogens with one attached hydrogen (secondary N) is 1. The van der Waals surface area contributed by atoms with Crippen LogP contribution in [0.1, 0.15) is 5.56 Å². The summed E-state index contributed by atoms with van der Waals surface area (Å²) in [6.07, 6.45) is 2.02. The number of aromatic hydroxyl groups is 1. The molecule has 0 bridgehead atoms. The van der Waals surface area contributed by atoms with Crippen molar-refractivity contribution in [3.63, 3.8) is 0 Å². The van der Waals surface area contributed by atoms with Gasteiger partial charge < -0.3 is 10.4 Å².